The number of carbonyl (C=O) groups excluding carboxylic acids is 1. The molecule has 0 saturated carbocycles. The third kappa shape index (κ3) is 4.74. The van der Waals surface area contributed by atoms with E-state index >= 15 is 4.39 Å². The van der Waals surface area contributed by atoms with E-state index in [1.165, 1.54) is 48.8 Å². The summed E-state index contributed by atoms with van der Waals surface area (Å²) in [5.74, 6) is -3.13. The minimum atomic E-state index is -1.86. The first-order chi connectivity index (χ1) is 16.4. The number of carbonyl (C=O) groups is 1. The second-order valence-corrected chi connectivity index (χ2v) is 7.49. The van der Waals surface area contributed by atoms with E-state index in [-0.39, 0.29) is 35.5 Å². The maximum Gasteiger partial charge on any atom is 0.252 e. The van der Waals surface area contributed by atoms with E-state index in [9.17, 15) is 23.1 Å². The fraction of sp³-hybridized carbons (Fsp3) is 0.217. The number of halogens is 4. The Morgan fingerprint density at radius 3 is 2.47 bits per heavy atom. The van der Waals surface area contributed by atoms with Crippen LogP contribution in [0, 0.1) is 11.6 Å². The molecule has 1 aliphatic heterocycles. The predicted octanol–water partition coefficient (Wildman–Crippen LogP) is 2.87. The van der Waals surface area contributed by atoms with Crippen molar-refractivity contribution in [3.8, 4) is 0 Å². The van der Waals surface area contributed by atoms with E-state index in [0.29, 0.717) is 5.56 Å². The van der Waals surface area contributed by atoms with Crippen molar-refractivity contribution in [2.75, 3.05) is 13.2 Å². The maximum absolute atomic E-state index is 15.3. The lowest BCUT2D eigenvalue weighted by atomic mass is 9.98. The van der Waals surface area contributed by atoms with Crippen molar-refractivity contribution in [3.05, 3.63) is 89.0 Å². The Morgan fingerprint density at radius 1 is 1.09 bits per heavy atom. The largest absolute Gasteiger partial charge is 0.393 e. The SMILES string of the molecule is O=C(N[C@@H](Cn1nccn1)[C@@H](F)CO)c1cccc(F)c1C1=NCC(c2ccc(F)cc2)=C1F. The molecule has 2 N–H and O–H groups in total. The Kier molecular flexibility index (Phi) is 6.82. The van der Waals surface area contributed by atoms with Gasteiger partial charge in [-0.05, 0) is 29.8 Å². The van der Waals surface area contributed by atoms with Gasteiger partial charge in [0.05, 0.1) is 49.3 Å². The second-order valence-electron chi connectivity index (χ2n) is 7.49. The molecule has 3 aromatic rings. The van der Waals surface area contributed by atoms with Crippen LogP contribution in [0.25, 0.3) is 5.57 Å². The van der Waals surface area contributed by atoms with Crippen LogP contribution in [0.2, 0.25) is 0 Å². The topological polar surface area (TPSA) is 92.4 Å². The molecule has 1 aromatic heterocycles. The van der Waals surface area contributed by atoms with E-state index in [1.54, 1.807) is 0 Å². The maximum atomic E-state index is 15.3. The molecule has 2 aromatic carbocycles. The van der Waals surface area contributed by atoms with Crippen molar-refractivity contribution in [1.82, 2.24) is 20.3 Å². The number of hydrogen-bond acceptors (Lipinski definition) is 5. The number of benzene rings is 2. The minimum Gasteiger partial charge on any atom is -0.393 e. The Morgan fingerprint density at radius 2 is 1.79 bits per heavy atom. The lowest BCUT2D eigenvalue weighted by Gasteiger charge is -2.21. The molecule has 0 unspecified atom stereocenters. The molecule has 0 spiro atoms. The third-order valence-electron chi connectivity index (χ3n) is 5.31. The molecular weight excluding hydrogens is 454 g/mol. The van der Waals surface area contributed by atoms with Gasteiger partial charge in [-0.15, -0.1) is 0 Å². The number of amides is 1. The third-order valence-corrected chi connectivity index (χ3v) is 5.31. The van der Waals surface area contributed by atoms with Crippen LogP contribution in [-0.2, 0) is 6.54 Å². The number of aromatic nitrogens is 3. The molecule has 0 saturated heterocycles. The summed E-state index contributed by atoms with van der Waals surface area (Å²) in [5.41, 5.74) is -0.527. The van der Waals surface area contributed by atoms with Crippen LogP contribution in [0.4, 0.5) is 17.6 Å². The van der Waals surface area contributed by atoms with Gasteiger partial charge in [0.1, 0.15) is 23.5 Å². The van der Waals surface area contributed by atoms with Crippen molar-refractivity contribution in [1.29, 1.82) is 0 Å². The van der Waals surface area contributed by atoms with E-state index in [1.807, 2.05) is 0 Å². The van der Waals surface area contributed by atoms with Gasteiger partial charge in [0.25, 0.3) is 5.91 Å². The first-order valence-corrected chi connectivity index (χ1v) is 10.3. The fourth-order valence-corrected chi connectivity index (χ4v) is 3.59. The molecule has 0 aliphatic carbocycles. The van der Waals surface area contributed by atoms with Crippen molar-refractivity contribution < 1.29 is 27.5 Å². The normalized spacial score (nSPS) is 15.3. The average Bonchev–Trinajstić information content (AvgIpc) is 3.48. The van der Waals surface area contributed by atoms with Gasteiger partial charge in [0.15, 0.2) is 5.83 Å². The number of aliphatic hydroxyl groups is 1. The van der Waals surface area contributed by atoms with Crippen LogP contribution in [0.1, 0.15) is 21.5 Å². The Bertz CT molecular complexity index is 1240. The van der Waals surface area contributed by atoms with Gasteiger partial charge < -0.3 is 10.4 Å². The highest BCUT2D eigenvalue weighted by atomic mass is 19.1. The zero-order valence-corrected chi connectivity index (χ0v) is 17.6. The summed E-state index contributed by atoms with van der Waals surface area (Å²) in [6.45, 7) is -1.21. The zero-order valence-electron chi connectivity index (χ0n) is 17.6. The van der Waals surface area contributed by atoms with Crippen molar-refractivity contribution in [2.24, 2.45) is 4.99 Å². The highest BCUT2D eigenvalue weighted by molar-refractivity contribution is 6.21. The van der Waals surface area contributed by atoms with Gasteiger partial charge in [-0.2, -0.15) is 15.0 Å². The van der Waals surface area contributed by atoms with Gasteiger partial charge >= 0.3 is 0 Å². The number of nitrogens with one attached hydrogen (secondary N) is 1. The first-order valence-electron chi connectivity index (χ1n) is 10.3. The van der Waals surface area contributed by atoms with Gasteiger partial charge in [-0.25, -0.2) is 17.6 Å². The molecule has 7 nitrogen and oxygen atoms in total. The summed E-state index contributed by atoms with van der Waals surface area (Å²) in [5, 5.41) is 19.3. The summed E-state index contributed by atoms with van der Waals surface area (Å²) in [4.78, 5) is 18.2. The Hall–Kier alpha value is -3.86. The van der Waals surface area contributed by atoms with E-state index < -0.39 is 42.2 Å². The van der Waals surface area contributed by atoms with Crippen LogP contribution in [-0.4, -0.2) is 57.1 Å². The molecule has 0 radical (unpaired) electrons. The van der Waals surface area contributed by atoms with Gasteiger partial charge in [-0.3, -0.25) is 9.79 Å². The highest BCUT2D eigenvalue weighted by Crippen LogP contribution is 2.31. The van der Waals surface area contributed by atoms with Gasteiger partial charge in [0, 0.05) is 5.57 Å². The molecule has 1 amide bonds. The highest BCUT2D eigenvalue weighted by Gasteiger charge is 2.30. The fourth-order valence-electron chi connectivity index (χ4n) is 3.59. The smallest absolute Gasteiger partial charge is 0.252 e. The predicted molar refractivity (Wildman–Crippen MR) is 115 cm³/mol. The van der Waals surface area contributed by atoms with E-state index in [2.05, 4.69) is 20.5 Å². The van der Waals surface area contributed by atoms with Crippen molar-refractivity contribution in [3.63, 3.8) is 0 Å². The Labute approximate surface area is 191 Å². The lowest BCUT2D eigenvalue weighted by molar-refractivity contribution is 0.0844. The number of aliphatic imine (C=N–C) groups is 1. The summed E-state index contributed by atoms with van der Waals surface area (Å²) < 4.78 is 57.7. The van der Waals surface area contributed by atoms with Gasteiger partial charge in [-0.1, -0.05) is 18.2 Å². The molecule has 11 heteroatoms. The van der Waals surface area contributed by atoms with Crippen LogP contribution in [0.15, 0.2) is 65.7 Å². The molecule has 0 fully saturated rings. The molecule has 34 heavy (non-hydrogen) atoms. The van der Waals surface area contributed by atoms with Gasteiger partial charge in [0.2, 0.25) is 0 Å². The summed E-state index contributed by atoms with van der Waals surface area (Å²) in [7, 11) is 0. The zero-order chi connectivity index (χ0) is 24.2. The van der Waals surface area contributed by atoms with E-state index in [4.69, 9.17) is 0 Å². The number of alkyl halides is 1. The van der Waals surface area contributed by atoms with Crippen LogP contribution < -0.4 is 5.32 Å². The molecule has 176 valence electrons. The van der Waals surface area contributed by atoms with E-state index in [0.717, 1.165) is 10.9 Å². The monoisotopic (exact) mass is 473 g/mol. The molecule has 0 bridgehead atoms. The molecule has 2 atom stereocenters. The number of allylic oxidation sites excluding steroid dienone is 1. The quantitative estimate of drug-likeness (QED) is 0.492. The number of rotatable bonds is 8. The van der Waals surface area contributed by atoms with Crippen LogP contribution >= 0.6 is 0 Å². The molecular formula is C23H19F4N5O2. The number of hydrogen-bond donors (Lipinski definition) is 2. The average molecular weight is 473 g/mol. The van der Waals surface area contributed by atoms with Crippen molar-refractivity contribution >= 4 is 17.2 Å². The standard InChI is InChI=1S/C23H19F4N5O2/c24-14-6-4-13(5-7-14)16-10-28-22(21(16)27)20-15(2-1-3-17(20)25)23(34)31-19(18(26)12-33)11-32-29-8-9-30-32/h1-9,18-19,33H,10-12H2,(H,31,34)/t18-,19-/m0/s1. The number of aliphatic hydroxyl groups excluding tert-OH is 1. The Balaban J connectivity index is 1.65. The van der Waals surface area contributed by atoms with Crippen LogP contribution in [0.3, 0.4) is 0 Å². The summed E-state index contributed by atoms with van der Waals surface area (Å²) >= 11 is 0. The molecule has 2 heterocycles. The molecule has 1 aliphatic rings. The first kappa shape index (κ1) is 23.3. The summed E-state index contributed by atoms with van der Waals surface area (Å²) in [6, 6.07) is 7.40. The minimum absolute atomic E-state index is 0.122. The number of nitrogens with zero attached hydrogens (tertiary/aromatic N) is 4. The van der Waals surface area contributed by atoms with Crippen molar-refractivity contribution in [2.45, 2.75) is 18.8 Å². The summed E-state index contributed by atoms with van der Waals surface area (Å²) in [6.07, 6.45) is 0.862. The molecule has 4 rings (SSSR count). The lowest BCUT2D eigenvalue weighted by Crippen LogP contribution is -2.46. The second kappa shape index (κ2) is 9.96. The van der Waals surface area contributed by atoms with Crippen LogP contribution in [0.5, 0.6) is 0 Å².